The van der Waals surface area contributed by atoms with Crippen LogP contribution in [0.25, 0.3) is 5.57 Å². The van der Waals surface area contributed by atoms with Gasteiger partial charge in [-0.1, -0.05) is 49.0 Å². The van der Waals surface area contributed by atoms with Crippen molar-refractivity contribution in [1.29, 1.82) is 0 Å². The van der Waals surface area contributed by atoms with Crippen molar-refractivity contribution in [3.05, 3.63) is 95.1 Å². The van der Waals surface area contributed by atoms with E-state index in [0.29, 0.717) is 34.1 Å². The van der Waals surface area contributed by atoms with Gasteiger partial charge in [0, 0.05) is 4.90 Å². The molecule has 0 N–H and O–H groups in total. The zero-order valence-corrected chi connectivity index (χ0v) is 17.7. The van der Waals surface area contributed by atoms with E-state index in [4.69, 9.17) is 4.74 Å². The third-order valence-corrected chi connectivity index (χ3v) is 5.80. The summed E-state index contributed by atoms with van der Waals surface area (Å²) in [5.74, 6) is -0.586. The fraction of sp³-hybridized carbons (Fsp3) is 0.120. The van der Waals surface area contributed by atoms with E-state index >= 15 is 0 Å². The molecule has 3 aromatic carbocycles. The van der Waals surface area contributed by atoms with Crippen molar-refractivity contribution < 1.29 is 18.7 Å². The molecule has 0 saturated carbocycles. The molecule has 0 aromatic heterocycles. The van der Waals surface area contributed by atoms with E-state index in [1.54, 1.807) is 24.3 Å². The highest BCUT2D eigenvalue weighted by molar-refractivity contribution is 8.04. The number of thioether (sulfide) groups is 1. The van der Waals surface area contributed by atoms with E-state index in [-0.39, 0.29) is 0 Å². The van der Waals surface area contributed by atoms with Crippen molar-refractivity contribution in [3.8, 4) is 5.75 Å². The Bertz CT molecular complexity index is 1130. The number of anilines is 1. The number of imide groups is 1. The molecule has 0 saturated heterocycles. The van der Waals surface area contributed by atoms with Crippen molar-refractivity contribution in [2.24, 2.45) is 0 Å². The molecule has 2 amide bonds. The van der Waals surface area contributed by atoms with Gasteiger partial charge in [-0.3, -0.25) is 9.59 Å². The van der Waals surface area contributed by atoms with E-state index in [2.05, 4.69) is 0 Å². The SMILES string of the molecule is CCCOc1ccc(C2=C(Sc3ccccc3)C(=O)N(c3ccc(F)cc3)C2=O)cc1. The number of benzene rings is 3. The Morgan fingerprint density at radius 3 is 2.19 bits per heavy atom. The summed E-state index contributed by atoms with van der Waals surface area (Å²) >= 11 is 1.25. The molecule has 0 aliphatic carbocycles. The van der Waals surface area contributed by atoms with Crippen LogP contribution >= 0.6 is 11.8 Å². The summed E-state index contributed by atoms with van der Waals surface area (Å²) in [6.45, 7) is 2.63. The maximum Gasteiger partial charge on any atom is 0.272 e. The first-order valence-electron chi connectivity index (χ1n) is 9.93. The molecule has 31 heavy (non-hydrogen) atoms. The number of rotatable bonds is 7. The number of halogens is 1. The van der Waals surface area contributed by atoms with Crippen molar-refractivity contribution >= 4 is 34.8 Å². The van der Waals surface area contributed by atoms with Gasteiger partial charge in [-0.25, -0.2) is 9.29 Å². The highest BCUT2D eigenvalue weighted by Crippen LogP contribution is 2.41. The summed E-state index contributed by atoms with van der Waals surface area (Å²) in [7, 11) is 0. The van der Waals surface area contributed by atoms with Crippen molar-refractivity contribution in [3.63, 3.8) is 0 Å². The number of carbonyl (C=O) groups excluding carboxylic acids is 2. The average molecular weight is 434 g/mol. The second-order valence-corrected chi connectivity index (χ2v) is 8.00. The van der Waals surface area contributed by atoms with Crippen LogP contribution in [0, 0.1) is 5.82 Å². The van der Waals surface area contributed by atoms with E-state index < -0.39 is 17.6 Å². The van der Waals surface area contributed by atoms with Gasteiger partial charge in [-0.05, 0) is 60.5 Å². The lowest BCUT2D eigenvalue weighted by molar-refractivity contribution is -0.119. The fourth-order valence-electron chi connectivity index (χ4n) is 3.23. The molecule has 4 nitrogen and oxygen atoms in total. The van der Waals surface area contributed by atoms with Gasteiger partial charge in [0.05, 0.1) is 22.8 Å². The second kappa shape index (κ2) is 9.18. The molecule has 4 rings (SSSR count). The Morgan fingerprint density at radius 1 is 0.871 bits per heavy atom. The maximum atomic E-state index is 13.4. The predicted molar refractivity (Wildman–Crippen MR) is 120 cm³/mol. The highest BCUT2D eigenvalue weighted by Gasteiger charge is 2.40. The largest absolute Gasteiger partial charge is 0.494 e. The van der Waals surface area contributed by atoms with Crippen LogP contribution in [0.2, 0.25) is 0 Å². The van der Waals surface area contributed by atoms with Gasteiger partial charge in [0.25, 0.3) is 11.8 Å². The van der Waals surface area contributed by atoms with Crippen LogP contribution in [0.5, 0.6) is 5.75 Å². The maximum absolute atomic E-state index is 13.4. The van der Waals surface area contributed by atoms with Crippen LogP contribution in [0.15, 0.2) is 88.7 Å². The number of amides is 2. The van der Waals surface area contributed by atoms with Crippen molar-refractivity contribution in [1.82, 2.24) is 0 Å². The summed E-state index contributed by atoms with van der Waals surface area (Å²) < 4.78 is 19.0. The molecule has 0 unspecified atom stereocenters. The summed E-state index contributed by atoms with van der Waals surface area (Å²) in [6, 6.07) is 21.9. The van der Waals surface area contributed by atoms with Gasteiger partial charge in [0.15, 0.2) is 0 Å². The minimum atomic E-state index is -0.433. The Labute approximate surface area is 184 Å². The first-order chi connectivity index (χ1) is 15.1. The molecule has 0 radical (unpaired) electrons. The van der Waals surface area contributed by atoms with Gasteiger partial charge >= 0.3 is 0 Å². The molecule has 1 aliphatic rings. The first kappa shape index (κ1) is 20.9. The standard InChI is InChI=1S/C25H20FNO3S/c1-2-16-30-20-14-8-17(9-15-20)22-23(31-21-6-4-3-5-7-21)25(29)27(24(22)28)19-12-10-18(26)11-13-19/h3-15H,2,16H2,1H3. The van der Waals surface area contributed by atoms with Gasteiger partial charge in [0.2, 0.25) is 0 Å². The lowest BCUT2D eigenvalue weighted by Gasteiger charge is -2.15. The predicted octanol–water partition coefficient (Wildman–Crippen LogP) is 5.69. The molecule has 3 aromatic rings. The van der Waals surface area contributed by atoms with Gasteiger partial charge in [-0.15, -0.1) is 0 Å². The normalized spacial score (nSPS) is 13.8. The Kier molecular flexibility index (Phi) is 6.18. The zero-order valence-electron chi connectivity index (χ0n) is 16.9. The Morgan fingerprint density at radius 2 is 1.55 bits per heavy atom. The van der Waals surface area contributed by atoms with Crippen molar-refractivity contribution in [2.45, 2.75) is 18.2 Å². The monoisotopic (exact) mass is 433 g/mol. The molecule has 0 atom stereocenters. The van der Waals surface area contributed by atoms with Crippen LogP contribution in [0.4, 0.5) is 10.1 Å². The topological polar surface area (TPSA) is 46.6 Å². The molecule has 1 aliphatic heterocycles. The number of carbonyl (C=O) groups is 2. The second-order valence-electron chi connectivity index (χ2n) is 6.91. The van der Waals surface area contributed by atoms with Gasteiger partial charge < -0.3 is 4.74 Å². The average Bonchev–Trinajstić information content (AvgIpc) is 3.03. The molecular formula is C25H20FNO3S. The lowest BCUT2D eigenvalue weighted by Crippen LogP contribution is -2.31. The molecule has 1 heterocycles. The summed E-state index contributed by atoms with van der Waals surface area (Å²) in [6.07, 6.45) is 0.893. The minimum absolute atomic E-state index is 0.324. The van der Waals surface area contributed by atoms with E-state index in [9.17, 15) is 14.0 Å². The highest BCUT2D eigenvalue weighted by atomic mass is 32.2. The summed E-state index contributed by atoms with van der Waals surface area (Å²) in [5, 5.41) is 0. The molecule has 156 valence electrons. The molecule has 0 bridgehead atoms. The Hall–Kier alpha value is -3.38. The third kappa shape index (κ3) is 4.39. The van der Waals surface area contributed by atoms with Gasteiger partial charge in [0.1, 0.15) is 11.6 Å². The lowest BCUT2D eigenvalue weighted by atomic mass is 10.1. The molecule has 0 fully saturated rings. The van der Waals surface area contributed by atoms with E-state index in [0.717, 1.165) is 16.2 Å². The number of nitrogens with zero attached hydrogens (tertiary/aromatic N) is 1. The number of ether oxygens (including phenoxy) is 1. The quantitative estimate of drug-likeness (QED) is 0.449. The fourth-order valence-corrected chi connectivity index (χ4v) is 4.24. The number of hydrogen-bond donors (Lipinski definition) is 0. The first-order valence-corrected chi connectivity index (χ1v) is 10.7. The van der Waals surface area contributed by atoms with E-state index in [1.165, 1.54) is 36.0 Å². The number of hydrogen-bond acceptors (Lipinski definition) is 4. The van der Waals surface area contributed by atoms with Crippen LogP contribution in [0.3, 0.4) is 0 Å². The molecular weight excluding hydrogens is 413 g/mol. The van der Waals surface area contributed by atoms with Crippen LogP contribution in [-0.2, 0) is 9.59 Å². The van der Waals surface area contributed by atoms with Crippen molar-refractivity contribution in [2.75, 3.05) is 11.5 Å². The minimum Gasteiger partial charge on any atom is -0.494 e. The van der Waals surface area contributed by atoms with Crippen LogP contribution < -0.4 is 9.64 Å². The summed E-state index contributed by atoms with van der Waals surface area (Å²) in [5.41, 5.74) is 1.29. The van der Waals surface area contributed by atoms with Crippen LogP contribution in [0.1, 0.15) is 18.9 Å². The molecule has 0 spiro atoms. The van der Waals surface area contributed by atoms with Gasteiger partial charge in [-0.2, -0.15) is 0 Å². The van der Waals surface area contributed by atoms with Crippen LogP contribution in [-0.4, -0.2) is 18.4 Å². The molecule has 6 heteroatoms. The summed E-state index contributed by atoms with van der Waals surface area (Å²) in [4.78, 5) is 29.0. The third-order valence-electron chi connectivity index (χ3n) is 4.71. The Balaban J connectivity index is 1.75. The zero-order chi connectivity index (χ0) is 21.8. The van der Waals surface area contributed by atoms with E-state index in [1.807, 2.05) is 37.3 Å². The smallest absolute Gasteiger partial charge is 0.272 e.